The van der Waals surface area contributed by atoms with E-state index >= 15 is 0 Å². The van der Waals surface area contributed by atoms with Gasteiger partial charge in [0.25, 0.3) is 0 Å². The minimum Gasteiger partial charge on any atom is -0.481 e. The summed E-state index contributed by atoms with van der Waals surface area (Å²) >= 11 is 1.05. The fraction of sp³-hybridized carbons (Fsp3) is 0.300. The molecule has 0 aliphatic rings. The monoisotopic (exact) mass is 247 g/mol. The average Bonchev–Trinajstić information content (AvgIpc) is 2.23. The molecule has 3 N–H and O–H groups in total. The molecule has 0 aliphatic carbocycles. The van der Waals surface area contributed by atoms with Crippen LogP contribution >= 0.6 is 11.8 Å². The highest BCUT2D eigenvalue weighted by molar-refractivity contribution is 7.98. The van der Waals surface area contributed by atoms with Gasteiger partial charge in [-0.15, -0.1) is 11.8 Å². The quantitative estimate of drug-likeness (QED) is 0.796. The first kappa shape index (κ1) is 12.9. The van der Waals surface area contributed by atoms with Gasteiger partial charge in [0.2, 0.25) is 0 Å². The number of carboxylic acids is 1. The second-order valence-corrected chi connectivity index (χ2v) is 3.98. The second-order valence-electron chi connectivity index (χ2n) is 3.13. The Kier molecular flexibility index (Phi) is 4.26. The van der Waals surface area contributed by atoms with Crippen molar-refractivity contribution in [2.24, 2.45) is 5.73 Å². The first-order valence-corrected chi connectivity index (χ1v) is 5.69. The van der Waals surface area contributed by atoms with Crippen molar-refractivity contribution in [3.05, 3.63) is 29.3 Å². The number of halogens is 2. The number of carboxylic acid groups (broad SMARTS) is 1. The molecule has 1 atom stereocenters. The number of carbonyl (C=O) groups is 1. The van der Waals surface area contributed by atoms with E-state index in [9.17, 15) is 13.6 Å². The van der Waals surface area contributed by atoms with Crippen molar-refractivity contribution >= 4 is 17.7 Å². The fourth-order valence-corrected chi connectivity index (χ4v) is 1.80. The lowest BCUT2D eigenvalue weighted by Crippen LogP contribution is -2.22. The van der Waals surface area contributed by atoms with Crippen molar-refractivity contribution in [3.63, 3.8) is 0 Å². The van der Waals surface area contributed by atoms with E-state index in [1.54, 1.807) is 6.26 Å². The molecule has 0 bridgehead atoms. The van der Waals surface area contributed by atoms with Crippen LogP contribution in [-0.4, -0.2) is 23.9 Å². The van der Waals surface area contributed by atoms with Crippen molar-refractivity contribution < 1.29 is 18.7 Å². The standard InChI is InChI=1S/C10H11F2NO2S/c1-16-9-3-7(11)5(2-8(9)12)6(4-13)10(14)15/h2-3,6H,4,13H2,1H3,(H,14,15). The molecule has 16 heavy (non-hydrogen) atoms. The van der Waals surface area contributed by atoms with Gasteiger partial charge in [-0.2, -0.15) is 0 Å². The lowest BCUT2D eigenvalue weighted by atomic mass is 9.99. The molecule has 0 aliphatic heterocycles. The van der Waals surface area contributed by atoms with Gasteiger partial charge in [0.1, 0.15) is 11.6 Å². The Morgan fingerprint density at radius 1 is 1.50 bits per heavy atom. The summed E-state index contributed by atoms with van der Waals surface area (Å²) in [5.74, 6) is -3.87. The maximum atomic E-state index is 13.5. The highest BCUT2D eigenvalue weighted by Gasteiger charge is 2.23. The van der Waals surface area contributed by atoms with Crippen LogP contribution in [0, 0.1) is 11.6 Å². The maximum absolute atomic E-state index is 13.5. The summed E-state index contributed by atoms with van der Waals surface area (Å²) in [5, 5.41) is 8.79. The summed E-state index contributed by atoms with van der Waals surface area (Å²) < 4.78 is 26.9. The minimum atomic E-state index is -1.27. The van der Waals surface area contributed by atoms with Crippen LogP contribution in [0.2, 0.25) is 0 Å². The van der Waals surface area contributed by atoms with E-state index in [0.717, 1.165) is 23.9 Å². The Morgan fingerprint density at radius 2 is 2.12 bits per heavy atom. The number of hydrogen-bond donors (Lipinski definition) is 2. The lowest BCUT2D eigenvalue weighted by molar-refractivity contribution is -0.138. The largest absolute Gasteiger partial charge is 0.481 e. The van der Waals surface area contributed by atoms with E-state index in [0.29, 0.717) is 0 Å². The molecule has 0 fully saturated rings. The second kappa shape index (κ2) is 5.27. The molecule has 1 aromatic carbocycles. The van der Waals surface area contributed by atoms with E-state index in [1.165, 1.54) is 0 Å². The van der Waals surface area contributed by atoms with Crippen LogP contribution in [0.4, 0.5) is 8.78 Å². The predicted molar refractivity (Wildman–Crippen MR) is 57.6 cm³/mol. The Balaban J connectivity index is 3.24. The predicted octanol–water partition coefficient (Wildman–Crippen LogP) is 1.81. The summed E-state index contributed by atoms with van der Waals surface area (Å²) in [6, 6.07) is 1.88. The third-order valence-corrected chi connectivity index (χ3v) is 2.93. The molecule has 0 spiro atoms. The molecule has 1 aromatic rings. The number of benzene rings is 1. The molecule has 1 rings (SSSR count). The first-order valence-electron chi connectivity index (χ1n) is 4.47. The number of aliphatic carboxylic acids is 1. The third-order valence-electron chi connectivity index (χ3n) is 2.18. The van der Waals surface area contributed by atoms with Crippen molar-refractivity contribution in [2.75, 3.05) is 12.8 Å². The van der Waals surface area contributed by atoms with Gasteiger partial charge in [-0.05, 0) is 18.4 Å². The van der Waals surface area contributed by atoms with Gasteiger partial charge in [-0.1, -0.05) is 0 Å². The molecule has 0 aromatic heterocycles. The third kappa shape index (κ3) is 2.51. The van der Waals surface area contributed by atoms with E-state index in [2.05, 4.69) is 0 Å². The van der Waals surface area contributed by atoms with Crippen molar-refractivity contribution in [2.45, 2.75) is 10.8 Å². The Labute approximate surface area is 95.6 Å². The van der Waals surface area contributed by atoms with Gasteiger partial charge in [-0.3, -0.25) is 4.79 Å². The maximum Gasteiger partial charge on any atom is 0.312 e. The van der Waals surface area contributed by atoms with Crippen LogP contribution < -0.4 is 5.73 Å². The van der Waals surface area contributed by atoms with Gasteiger partial charge in [0, 0.05) is 17.0 Å². The fourth-order valence-electron chi connectivity index (χ4n) is 1.33. The minimum absolute atomic E-state index is 0.141. The highest BCUT2D eigenvalue weighted by atomic mass is 32.2. The van der Waals surface area contributed by atoms with E-state index < -0.39 is 23.5 Å². The Hall–Kier alpha value is -1.14. The van der Waals surface area contributed by atoms with Crippen LogP contribution in [0.25, 0.3) is 0 Å². The lowest BCUT2D eigenvalue weighted by Gasteiger charge is -2.12. The smallest absolute Gasteiger partial charge is 0.312 e. The molecule has 0 radical (unpaired) electrons. The average molecular weight is 247 g/mol. The zero-order valence-electron chi connectivity index (χ0n) is 8.54. The molecule has 0 heterocycles. The normalized spacial score (nSPS) is 12.5. The van der Waals surface area contributed by atoms with Crippen molar-refractivity contribution in [1.29, 1.82) is 0 Å². The van der Waals surface area contributed by atoms with Crippen LogP contribution in [0.1, 0.15) is 11.5 Å². The molecular weight excluding hydrogens is 236 g/mol. The summed E-state index contributed by atoms with van der Waals surface area (Å²) in [7, 11) is 0. The van der Waals surface area contributed by atoms with Gasteiger partial charge in [0.05, 0.1) is 5.92 Å². The molecule has 6 heteroatoms. The zero-order chi connectivity index (χ0) is 12.3. The number of nitrogens with two attached hydrogens (primary N) is 1. The topological polar surface area (TPSA) is 63.3 Å². The molecule has 0 saturated carbocycles. The zero-order valence-corrected chi connectivity index (χ0v) is 9.35. The van der Waals surface area contributed by atoms with Crippen LogP contribution in [-0.2, 0) is 4.79 Å². The molecule has 3 nitrogen and oxygen atoms in total. The number of rotatable bonds is 4. The van der Waals surface area contributed by atoms with Gasteiger partial charge in [0.15, 0.2) is 0 Å². The van der Waals surface area contributed by atoms with E-state index in [1.807, 2.05) is 0 Å². The highest BCUT2D eigenvalue weighted by Crippen LogP contribution is 2.26. The summed E-state index contributed by atoms with van der Waals surface area (Å²) in [5.41, 5.74) is 5.00. The number of hydrogen-bond acceptors (Lipinski definition) is 3. The molecule has 88 valence electrons. The molecule has 1 unspecified atom stereocenters. The van der Waals surface area contributed by atoms with E-state index in [-0.39, 0.29) is 17.0 Å². The summed E-state index contributed by atoms with van der Waals surface area (Å²) in [6.45, 7) is -0.274. The van der Waals surface area contributed by atoms with Gasteiger partial charge < -0.3 is 10.8 Å². The van der Waals surface area contributed by atoms with Crippen LogP contribution in [0.3, 0.4) is 0 Å². The Morgan fingerprint density at radius 3 is 2.56 bits per heavy atom. The molecular formula is C10H11F2NO2S. The van der Waals surface area contributed by atoms with Gasteiger partial charge >= 0.3 is 5.97 Å². The number of thioether (sulfide) groups is 1. The summed E-state index contributed by atoms with van der Waals surface area (Å²) in [4.78, 5) is 10.9. The summed E-state index contributed by atoms with van der Waals surface area (Å²) in [6.07, 6.45) is 1.61. The van der Waals surface area contributed by atoms with Crippen LogP contribution in [0.15, 0.2) is 17.0 Å². The van der Waals surface area contributed by atoms with Crippen molar-refractivity contribution in [3.8, 4) is 0 Å². The van der Waals surface area contributed by atoms with Gasteiger partial charge in [-0.25, -0.2) is 8.78 Å². The Bertz CT molecular complexity index is 412. The first-order chi connectivity index (χ1) is 7.51. The molecule has 0 saturated heterocycles. The SMILES string of the molecule is CSc1cc(F)c(C(CN)C(=O)O)cc1F. The molecule has 0 amide bonds. The van der Waals surface area contributed by atoms with Crippen LogP contribution in [0.5, 0.6) is 0 Å². The van der Waals surface area contributed by atoms with Crippen molar-refractivity contribution in [1.82, 2.24) is 0 Å². The van der Waals surface area contributed by atoms with E-state index in [4.69, 9.17) is 10.8 Å².